The minimum absolute atomic E-state index is 0.190. The SMILES string of the molecule is COC(=O)C1(c2cc(Cl)cc(C3OCCO3)c2)CCC1. The number of carbonyl (C=O) groups is 1. The van der Waals surface area contributed by atoms with E-state index in [9.17, 15) is 4.79 Å². The van der Waals surface area contributed by atoms with Crippen molar-refractivity contribution in [3.8, 4) is 0 Å². The summed E-state index contributed by atoms with van der Waals surface area (Å²) in [6, 6.07) is 5.62. The number of rotatable bonds is 3. The van der Waals surface area contributed by atoms with E-state index < -0.39 is 5.41 Å². The zero-order valence-corrected chi connectivity index (χ0v) is 12.1. The van der Waals surface area contributed by atoms with Crippen molar-refractivity contribution in [1.29, 1.82) is 0 Å². The largest absolute Gasteiger partial charge is 0.468 e. The van der Waals surface area contributed by atoms with Crippen LogP contribution in [-0.2, 0) is 24.4 Å². The molecule has 1 saturated heterocycles. The average molecular weight is 297 g/mol. The van der Waals surface area contributed by atoms with E-state index in [1.165, 1.54) is 7.11 Å². The third-order valence-electron chi connectivity index (χ3n) is 4.15. The van der Waals surface area contributed by atoms with Crippen LogP contribution >= 0.6 is 11.6 Å². The second-order valence-corrected chi connectivity index (χ2v) is 5.71. The minimum atomic E-state index is -0.549. The normalized spacial score (nSPS) is 21.5. The lowest BCUT2D eigenvalue weighted by Gasteiger charge is -2.39. The molecule has 0 atom stereocenters. The Bertz CT molecular complexity index is 519. The van der Waals surface area contributed by atoms with Crippen LogP contribution in [-0.4, -0.2) is 26.3 Å². The monoisotopic (exact) mass is 296 g/mol. The van der Waals surface area contributed by atoms with Crippen molar-refractivity contribution >= 4 is 17.6 Å². The first-order valence-corrected chi connectivity index (χ1v) is 7.16. The number of ether oxygens (including phenoxy) is 3. The Morgan fingerprint density at radius 1 is 1.30 bits per heavy atom. The second-order valence-electron chi connectivity index (χ2n) is 5.27. The molecule has 2 fully saturated rings. The average Bonchev–Trinajstić information content (AvgIpc) is 2.90. The molecule has 1 aromatic rings. The zero-order chi connectivity index (χ0) is 14.2. The van der Waals surface area contributed by atoms with Crippen molar-refractivity contribution in [1.82, 2.24) is 0 Å². The van der Waals surface area contributed by atoms with Crippen LogP contribution in [0.15, 0.2) is 18.2 Å². The molecule has 0 bridgehead atoms. The highest BCUT2D eigenvalue weighted by molar-refractivity contribution is 6.30. The fraction of sp³-hybridized carbons (Fsp3) is 0.533. The van der Waals surface area contributed by atoms with Gasteiger partial charge in [0.25, 0.3) is 0 Å². The lowest BCUT2D eigenvalue weighted by molar-refractivity contribution is -0.151. The molecule has 5 heteroatoms. The Morgan fingerprint density at radius 3 is 2.55 bits per heavy atom. The lowest BCUT2D eigenvalue weighted by atomic mass is 9.64. The fourth-order valence-electron chi connectivity index (χ4n) is 2.91. The Hall–Kier alpha value is -1.10. The fourth-order valence-corrected chi connectivity index (χ4v) is 3.16. The van der Waals surface area contributed by atoms with Gasteiger partial charge in [0, 0.05) is 10.6 Å². The van der Waals surface area contributed by atoms with Crippen LogP contribution in [0.25, 0.3) is 0 Å². The van der Waals surface area contributed by atoms with Crippen LogP contribution in [0.4, 0.5) is 0 Å². The Balaban J connectivity index is 1.98. The summed E-state index contributed by atoms with van der Waals surface area (Å²) in [5, 5.41) is 0.590. The van der Waals surface area contributed by atoms with Gasteiger partial charge >= 0.3 is 5.97 Å². The van der Waals surface area contributed by atoms with Crippen LogP contribution < -0.4 is 0 Å². The molecule has 1 aliphatic carbocycles. The highest BCUT2D eigenvalue weighted by Crippen LogP contribution is 2.46. The van der Waals surface area contributed by atoms with E-state index in [1.807, 2.05) is 18.2 Å². The van der Waals surface area contributed by atoms with Crippen LogP contribution in [0.5, 0.6) is 0 Å². The van der Waals surface area contributed by atoms with E-state index in [-0.39, 0.29) is 12.3 Å². The molecule has 0 aromatic heterocycles. The molecule has 1 aromatic carbocycles. The maximum atomic E-state index is 12.1. The van der Waals surface area contributed by atoms with Crippen molar-refractivity contribution in [2.75, 3.05) is 20.3 Å². The number of halogens is 1. The van der Waals surface area contributed by atoms with Crippen LogP contribution in [0, 0.1) is 0 Å². The number of carbonyl (C=O) groups excluding carboxylic acids is 1. The molecule has 3 rings (SSSR count). The Kier molecular flexibility index (Phi) is 3.71. The summed E-state index contributed by atoms with van der Waals surface area (Å²) >= 11 is 6.20. The molecule has 0 radical (unpaired) electrons. The summed E-state index contributed by atoms with van der Waals surface area (Å²) < 4.78 is 16.0. The van der Waals surface area contributed by atoms with Crippen LogP contribution in [0.1, 0.15) is 36.7 Å². The van der Waals surface area contributed by atoms with E-state index in [0.717, 1.165) is 30.4 Å². The quantitative estimate of drug-likeness (QED) is 0.805. The zero-order valence-electron chi connectivity index (χ0n) is 11.4. The topological polar surface area (TPSA) is 44.8 Å². The summed E-state index contributed by atoms with van der Waals surface area (Å²) in [4.78, 5) is 12.1. The first-order chi connectivity index (χ1) is 9.65. The van der Waals surface area contributed by atoms with Gasteiger partial charge in [-0.25, -0.2) is 0 Å². The van der Waals surface area contributed by atoms with Crippen molar-refractivity contribution in [2.45, 2.75) is 31.0 Å². The van der Waals surface area contributed by atoms with E-state index >= 15 is 0 Å². The molecule has 0 unspecified atom stereocenters. The number of benzene rings is 1. The van der Waals surface area contributed by atoms with Gasteiger partial charge in [-0.3, -0.25) is 4.79 Å². The summed E-state index contributed by atoms with van der Waals surface area (Å²) in [5.74, 6) is -0.190. The number of esters is 1. The van der Waals surface area contributed by atoms with Gasteiger partial charge < -0.3 is 14.2 Å². The van der Waals surface area contributed by atoms with Crippen LogP contribution in [0.3, 0.4) is 0 Å². The molecular weight excluding hydrogens is 280 g/mol. The van der Waals surface area contributed by atoms with E-state index in [1.54, 1.807) is 0 Å². The summed E-state index contributed by atoms with van der Waals surface area (Å²) in [7, 11) is 1.43. The van der Waals surface area contributed by atoms with Gasteiger partial charge in [0.2, 0.25) is 0 Å². The summed E-state index contributed by atoms with van der Waals surface area (Å²) in [6.45, 7) is 1.16. The molecule has 2 aliphatic rings. The highest BCUT2D eigenvalue weighted by atomic mass is 35.5. The van der Waals surface area contributed by atoms with E-state index in [2.05, 4.69) is 0 Å². The predicted molar refractivity (Wildman–Crippen MR) is 73.6 cm³/mol. The number of hydrogen-bond donors (Lipinski definition) is 0. The lowest BCUT2D eigenvalue weighted by Crippen LogP contribution is -2.43. The molecule has 1 aliphatic heterocycles. The molecule has 20 heavy (non-hydrogen) atoms. The van der Waals surface area contributed by atoms with Gasteiger partial charge in [-0.15, -0.1) is 0 Å². The third-order valence-corrected chi connectivity index (χ3v) is 4.37. The number of hydrogen-bond acceptors (Lipinski definition) is 4. The van der Waals surface area contributed by atoms with Gasteiger partial charge in [-0.05, 0) is 36.6 Å². The molecular formula is C15H17ClO4. The van der Waals surface area contributed by atoms with Gasteiger partial charge in [-0.1, -0.05) is 18.0 Å². The van der Waals surface area contributed by atoms with Crippen molar-refractivity contribution in [3.05, 3.63) is 34.3 Å². The van der Waals surface area contributed by atoms with Crippen molar-refractivity contribution in [3.63, 3.8) is 0 Å². The van der Waals surface area contributed by atoms with Gasteiger partial charge in [0.1, 0.15) is 0 Å². The first kappa shape index (κ1) is 13.9. The predicted octanol–water partition coefficient (Wildman–Crippen LogP) is 2.98. The second kappa shape index (κ2) is 5.35. The van der Waals surface area contributed by atoms with Gasteiger partial charge in [-0.2, -0.15) is 0 Å². The molecule has 0 N–H and O–H groups in total. The molecule has 0 spiro atoms. The van der Waals surface area contributed by atoms with Crippen LogP contribution in [0.2, 0.25) is 5.02 Å². The van der Waals surface area contributed by atoms with Crippen molar-refractivity contribution in [2.24, 2.45) is 0 Å². The Labute approximate surface area is 123 Å². The highest BCUT2D eigenvalue weighted by Gasteiger charge is 2.47. The molecule has 4 nitrogen and oxygen atoms in total. The summed E-state index contributed by atoms with van der Waals surface area (Å²) in [5.41, 5.74) is 1.21. The Morgan fingerprint density at radius 2 is 2.00 bits per heavy atom. The molecule has 1 heterocycles. The van der Waals surface area contributed by atoms with E-state index in [4.69, 9.17) is 25.8 Å². The number of methoxy groups -OCH3 is 1. The van der Waals surface area contributed by atoms with Gasteiger partial charge in [0.05, 0.1) is 25.7 Å². The van der Waals surface area contributed by atoms with E-state index in [0.29, 0.717) is 18.2 Å². The third kappa shape index (κ3) is 2.22. The summed E-state index contributed by atoms with van der Waals surface area (Å²) in [6.07, 6.45) is 2.23. The minimum Gasteiger partial charge on any atom is -0.468 e. The maximum absolute atomic E-state index is 12.1. The maximum Gasteiger partial charge on any atom is 0.316 e. The molecule has 0 amide bonds. The smallest absolute Gasteiger partial charge is 0.316 e. The molecule has 1 saturated carbocycles. The van der Waals surface area contributed by atoms with Gasteiger partial charge in [0.15, 0.2) is 6.29 Å². The standard InChI is InChI=1S/C15H17ClO4/c1-18-14(17)15(3-2-4-15)11-7-10(8-12(16)9-11)13-19-5-6-20-13/h7-9,13H,2-6H2,1H3. The molecule has 108 valence electrons. The van der Waals surface area contributed by atoms with Crippen molar-refractivity contribution < 1.29 is 19.0 Å². The first-order valence-electron chi connectivity index (χ1n) is 6.78.